The van der Waals surface area contributed by atoms with Gasteiger partial charge in [0.2, 0.25) is 5.28 Å². The first-order chi connectivity index (χ1) is 14.6. The standard InChI is InChI=1S/C16H24ClN6O7P/c1-7(31(26,27)28)29-6-9-11(24)12(25)15(30-9)23-14-10(21-22-23)13(19-16(17)20-14)18-8-4-2-3-5-8/h7-9,11-12,15,24-25H,2-6H2,1H3,(H,18,19,20)(H2,26,27,28)/t7?,9-,11-,12-,15-/m1/s1. The third-order valence-electron chi connectivity index (χ3n) is 5.55. The highest BCUT2D eigenvalue weighted by molar-refractivity contribution is 7.52. The maximum Gasteiger partial charge on any atom is 0.353 e. The summed E-state index contributed by atoms with van der Waals surface area (Å²) in [6.45, 7) is 0.858. The van der Waals surface area contributed by atoms with Crippen LogP contribution in [0.1, 0.15) is 38.8 Å². The number of hydrogen-bond acceptors (Lipinski definition) is 10. The number of rotatable bonds is 7. The van der Waals surface area contributed by atoms with Gasteiger partial charge in [-0.2, -0.15) is 14.6 Å². The number of anilines is 1. The van der Waals surface area contributed by atoms with Crippen molar-refractivity contribution < 1.29 is 34.0 Å². The van der Waals surface area contributed by atoms with Crippen molar-refractivity contribution in [1.29, 1.82) is 0 Å². The van der Waals surface area contributed by atoms with E-state index in [2.05, 4.69) is 25.6 Å². The van der Waals surface area contributed by atoms with E-state index in [9.17, 15) is 14.8 Å². The fraction of sp³-hybridized carbons (Fsp3) is 0.750. The maximum atomic E-state index is 11.2. The molecule has 13 nitrogen and oxygen atoms in total. The van der Waals surface area contributed by atoms with Crippen molar-refractivity contribution in [3.8, 4) is 0 Å². The second kappa shape index (κ2) is 8.83. The number of aromatic nitrogens is 5. The van der Waals surface area contributed by atoms with Crippen molar-refractivity contribution >= 4 is 36.2 Å². The van der Waals surface area contributed by atoms with Crippen molar-refractivity contribution in [2.75, 3.05) is 11.9 Å². The van der Waals surface area contributed by atoms with Gasteiger partial charge in [0.25, 0.3) is 0 Å². The second-order valence-corrected chi connectivity index (χ2v) is 9.98. The first-order valence-electron chi connectivity index (χ1n) is 9.88. The molecule has 0 bridgehead atoms. The number of nitrogens with one attached hydrogen (secondary N) is 1. The van der Waals surface area contributed by atoms with Gasteiger partial charge in [-0.05, 0) is 31.4 Å². The molecular weight excluding hydrogens is 455 g/mol. The Hall–Kier alpha value is -1.44. The van der Waals surface area contributed by atoms with Crippen LogP contribution in [0, 0.1) is 0 Å². The zero-order chi connectivity index (χ0) is 22.3. The molecule has 2 fully saturated rings. The highest BCUT2D eigenvalue weighted by atomic mass is 35.5. The molecule has 4 rings (SSSR count). The lowest BCUT2D eigenvalue weighted by Gasteiger charge is -2.19. The Morgan fingerprint density at radius 2 is 2.00 bits per heavy atom. The largest absolute Gasteiger partial charge is 0.387 e. The minimum Gasteiger partial charge on any atom is -0.387 e. The molecule has 2 aromatic heterocycles. The van der Waals surface area contributed by atoms with Gasteiger partial charge in [-0.1, -0.05) is 18.1 Å². The molecule has 0 spiro atoms. The van der Waals surface area contributed by atoms with Gasteiger partial charge in [-0.3, -0.25) is 4.57 Å². The van der Waals surface area contributed by atoms with Crippen LogP contribution >= 0.6 is 19.2 Å². The van der Waals surface area contributed by atoms with Gasteiger partial charge in [0.15, 0.2) is 29.1 Å². The zero-order valence-corrected chi connectivity index (χ0v) is 18.2. The minimum absolute atomic E-state index is 0.0417. The molecule has 5 N–H and O–H groups in total. The fourth-order valence-electron chi connectivity index (χ4n) is 3.74. The molecule has 2 aromatic rings. The van der Waals surface area contributed by atoms with E-state index in [0.717, 1.165) is 25.7 Å². The first kappa shape index (κ1) is 22.7. The molecule has 2 aliphatic rings. The molecule has 1 aliphatic carbocycles. The normalized spacial score (nSPS) is 28.5. The molecule has 0 aromatic carbocycles. The summed E-state index contributed by atoms with van der Waals surface area (Å²) in [7, 11) is -4.46. The summed E-state index contributed by atoms with van der Waals surface area (Å²) in [5.41, 5.74) is 0.554. The van der Waals surface area contributed by atoms with Crippen LogP contribution in [-0.4, -0.2) is 81.8 Å². The highest BCUT2D eigenvalue weighted by Crippen LogP contribution is 2.42. The number of ether oxygens (including phenoxy) is 2. The topological polar surface area (TPSA) is 185 Å². The van der Waals surface area contributed by atoms with E-state index in [4.69, 9.17) is 30.9 Å². The average Bonchev–Trinajstić information content (AvgIpc) is 3.41. The smallest absolute Gasteiger partial charge is 0.353 e. The van der Waals surface area contributed by atoms with E-state index in [1.165, 1.54) is 11.6 Å². The number of hydrogen-bond donors (Lipinski definition) is 5. The molecule has 0 amide bonds. The number of aliphatic hydroxyl groups is 2. The molecular formula is C16H24ClN6O7P. The number of halogens is 1. The molecule has 5 atom stereocenters. The Bertz CT molecular complexity index is 983. The van der Waals surface area contributed by atoms with Gasteiger partial charge < -0.3 is 34.8 Å². The van der Waals surface area contributed by atoms with Crippen molar-refractivity contribution in [3.63, 3.8) is 0 Å². The Balaban J connectivity index is 1.55. The van der Waals surface area contributed by atoms with Crippen LogP contribution in [0.25, 0.3) is 11.2 Å². The van der Waals surface area contributed by atoms with Crippen LogP contribution in [0.3, 0.4) is 0 Å². The quantitative estimate of drug-likeness (QED) is 0.272. The molecule has 3 heterocycles. The summed E-state index contributed by atoms with van der Waals surface area (Å²) in [5, 5.41) is 32.2. The van der Waals surface area contributed by atoms with Crippen LogP contribution in [-0.2, 0) is 14.0 Å². The van der Waals surface area contributed by atoms with E-state index in [0.29, 0.717) is 11.3 Å². The molecule has 1 unspecified atom stereocenters. The summed E-state index contributed by atoms with van der Waals surface area (Å²) < 4.78 is 23.2. The molecule has 15 heteroatoms. The Labute approximate surface area is 181 Å². The number of fused-ring (bicyclic) bond motifs is 1. The van der Waals surface area contributed by atoms with Crippen LogP contribution in [0.2, 0.25) is 5.28 Å². The average molecular weight is 479 g/mol. The van der Waals surface area contributed by atoms with Gasteiger partial charge in [-0.15, -0.1) is 5.10 Å². The summed E-state index contributed by atoms with van der Waals surface area (Å²) in [5.74, 6) is -0.959. The number of nitrogens with zero attached hydrogens (tertiary/aromatic N) is 5. The molecule has 1 saturated heterocycles. The Morgan fingerprint density at radius 3 is 2.68 bits per heavy atom. The summed E-state index contributed by atoms with van der Waals surface area (Å²) in [6, 6.07) is 0.243. The summed E-state index contributed by atoms with van der Waals surface area (Å²) in [4.78, 5) is 26.6. The van der Waals surface area contributed by atoms with Crippen LogP contribution in [0.15, 0.2) is 0 Å². The second-order valence-electron chi connectivity index (χ2n) is 7.74. The van der Waals surface area contributed by atoms with Gasteiger partial charge >= 0.3 is 7.60 Å². The lowest BCUT2D eigenvalue weighted by Crippen LogP contribution is -2.34. The third-order valence-corrected chi connectivity index (χ3v) is 6.81. The highest BCUT2D eigenvalue weighted by Gasteiger charge is 2.46. The van der Waals surface area contributed by atoms with Crippen LogP contribution < -0.4 is 5.32 Å². The van der Waals surface area contributed by atoms with E-state index < -0.39 is 38.0 Å². The van der Waals surface area contributed by atoms with E-state index in [1.54, 1.807) is 0 Å². The minimum atomic E-state index is -4.46. The summed E-state index contributed by atoms with van der Waals surface area (Å²) in [6.07, 6.45) is -0.769. The Kier molecular flexibility index (Phi) is 6.48. The van der Waals surface area contributed by atoms with Crippen molar-refractivity contribution in [1.82, 2.24) is 25.0 Å². The third kappa shape index (κ3) is 4.69. The van der Waals surface area contributed by atoms with Gasteiger partial charge in [0.1, 0.15) is 18.3 Å². The van der Waals surface area contributed by atoms with E-state index >= 15 is 0 Å². The molecule has 1 aliphatic heterocycles. The Morgan fingerprint density at radius 1 is 1.29 bits per heavy atom. The molecule has 31 heavy (non-hydrogen) atoms. The fourth-order valence-corrected chi connectivity index (χ4v) is 4.18. The monoisotopic (exact) mass is 478 g/mol. The van der Waals surface area contributed by atoms with E-state index in [1.807, 2.05) is 0 Å². The predicted molar refractivity (Wildman–Crippen MR) is 107 cm³/mol. The lowest BCUT2D eigenvalue weighted by molar-refractivity contribution is -0.0747. The summed E-state index contributed by atoms with van der Waals surface area (Å²) >= 11 is 6.09. The van der Waals surface area contributed by atoms with Gasteiger partial charge in [0, 0.05) is 6.04 Å². The zero-order valence-electron chi connectivity index (χ0n) is 16.6. The van der Waals surface area contributed by atoms with Crippen molar-refractivity contribution in [3.05, 3.63) is 5.28 Å². The number of aliphatic hydroxyl groups excluding tert-OH is 2. The molecule has 1 saturated carbocycles. The van der Waals surface area contributed by atoms with E-state index in [-0.39, 0.29) is 23.6 Å². The predicted octanol–water partition coefficient (Wildman–Crippen LogP) is 0.389. The SMILES string of the molecule is CC(OC[C@H]1O[C@@H](n2nnc3c(NC4CCCC4)nc(Cl)nc32)[C@H](O)[C@@H]1O)P(=O)(O)O. The van der Waals surface area contributed by atoms with Gasteiger partial charge in [-0.25, -0.2) is 0 Å². The van der Waals surface area contributed by atoms with Crippen molar-refractivity contribution in [2.24, 2.45) is 0 Å². The molecule has 0 radical (unpaired) electrons. The van der Waals surface area contributed by atoms with Crippen LogP contribution in [0.5, 0.6) is 0 Å². The molecule has 172 valence electrons. The van der Waals surface area contributed by atoms with Gasteiger partial charge in [0.05, 0.1) is 6.61 Å². The van der Waals surface area contributed by atoms with Crippen LogP contribution in [0.4, 0.5) is 5.82 Å². The first-order valence-corrected chi connectivity index (χ1v) is 11.9. The lowest BCUT2D eigenvalue weighted by atomic mass is 10.1. The van der Waals surface area contributed by atoms with Crippen molar-refractivity contribution in [2.45, 2.75) is 69.0 Å². The maximum absolute atomic E-state index is 11.2.